The first-order valence-electron chi connectivity index (χ1n) is 24.1. The molecule has 1 fully saturated rings. The molecule has 6 N–H and O–H groups in total. The lowest BCUT2D eigenvalue weighted by Crippen LogP contribution is -2.76. The Morgan fingerprint density at radius 3 is 2.36 bits per heavy atom. The molecule has 67 heavy (non-hydrogen) atoms. The van der Waals surface area contributed by atoms with Crippen LogP contribution < -0.4 is 26.3 Å². The fourth-order valence-electron chi connectivity index (χ4n) is 7.80. The molecule has 0 bridgehead atoms. The van der Waals surface area contributed by atoms with Crippen molar-refractivity contribution in [3.8, 4) is 22.5 Å². The van der Waals surface area contributed by atoms with Gasteiger partial charge in [-0.3, -0.25) is 15.0 Å². The number of alkyl carbamates (subject to hydrolysis) is 1. The SMILES string of the molecule is [2H]CC1OC(N2C=C(C)C(NCCCOCCOCCOCCCNC(=O)OCCN(C)C(=O)c3ccccc3-c3c4cc(C)c(=[NH+]CC)cc-4oc4cc(C)c(C)cc34)NC2=O)CC1O.[3H]OC. The minimum Gasteiger partial charge on any atom is -0.456 e. The van der Waals surface area contributed by atoms with E-state index >= 15 is 0 Å². The third kappa shape index (κ3) is 14.3. The molecular formula is C50H71N6O11+. The van der Waals surface area contributed by atoms with Crippen LogP contribution in [0.4, 0.5) is 9.59 Å². The highest BCUT2D eigenvalue weighted by atomic mass is 16.6. The Labute approximate surface area is 396 Å². The number of amides is 4. The van der Waals surface area contributed by atoms with E-state index in [2.05, 4.69) is 71.9 Å². The fraction of sp³-hybridized carbons (Fsp3) is 0.520. The minimum absolute atomic E-state index is 0.0296. The van der Waals surface area contributed by atoms with E-state index in [0.29, 0.717) is 64.7 Å². The molecule has 3 heterocycles. The number of ether oxygens (including phenoxy) is 5. The molecule has 1 aliphatic carbocycles. The van der Waals surface area contributed by atoms with Crippen LogP contribution in [0.15, 0.2) is 64.7 Å². The molecule has 6 rings (SSSR count). The average molecular weight is 935 g/mol. The van der Waals surface area contributed by atoms with Gasteiger partial charge in [-0.25, -0.2) is 14.6 Å². The van der Waals surface area contributed by atoms with Gasteiger partial charge in [0.2, 0.25) is 6.79 Å². The second-order valence-electron chi connectivity index (χ2n) is 16.5. The van der Waals surface area contributed by atoms with E-state index in [4.69, 9.17) is 30.9 Å². The number of carbonyl (C=O) groups is 3. The van der Waals surface area contributed by atoms with Gasteiger partial charge in [0.05, 0.1) is 51.2 Å². The normalized spacial score (nSPS) is 18.8. The van der Waals surface area contributed by atoms with Gasteiger partial charge in [-0.15, -0.1) is 0 Å². The predicted molar refractivity (Wildman–Crippen MR) is 254 cm³/mol. The van der Waals surface area contributed by atoms with Crippen LogP contribution in [-0.2, 0) is 23.7 Å². The van der Waals surface area contributed by atoms with E-state index in [0.717, 1.165) is 74.0 Å². The number of fused-ring (bicyclic) bond motifs is 2. The zero-order valence-electron chi connectivity index (χ0n) is 42.0. The summed E-state index contributed by atoms with van der Waals surface area (Å²) in [6, 6.07) is 15.6. The van der Waals surface area contributed by atoms with Crippen molar-refractivity contribution in [1.82, 2.24) is 25.8 Å². The number of hydrogen-bond acceptors (Lipinski definition) is 12. The first-order valence-corrected chi connectivity index (χ1v) is 23.0. The molecule has 4 unspecified atom stereocenters. The third-order valence-electron chi connectivity index (χ3n) is 11.6. The first-order chi connectivity index (χ1) is 33.3. The summed E-state index contributed by atoms with van der Waals surface area (Å²) in [7, 11) is 3.00. The lowest BCUT2D eigenvalue weighted by Gasteiger charge is -2.34. The molecule has 17 nitrogen and oxygen atoms in total. The number of benzene rings is 3. The smallest absolute Gasteiger partial charge is 0.407 e. The Bertz CT molecular complexity index is 2380. The number of nitrogens with zero attached hydrogens (tertiary/aromatic N) is 2. The van der Waals surface area contributed by atoms with E-state index in [1.54, 1.807) is 18.1 Å². The van der Waals surface area contributed by atoms with Gasteiger partial charge in [0.25, 0.3) is 5.91 Å². The van der Waals surface area contributed by atoms with E-state index in [1.807, 2.05) is 37.3 Å². The van der Waals surface area contributed by atoms with Crippen molar-refractivity contribution in [3.63, 3.8) is 0 Å². The summed E-state index contributed by atoms with van der Waals surface area (Å²) in [5.74, 6) is 0.540. The lowest BCUT2D eigenvalue weighted by atomic mass is 9.88. The van der Waals surface area contributed by atoms with Gasteiger partial charge in [0.15, 0.2) is 0 Å². The van der Waals surface area contributed by atoms with Gasteiger partial charge in [-0.1, -0.05) is 18.2 Å². The summed E-state index contributed by atoms with van der Waals surface area (Å²) in [4.78, 5) is 45.6. The average Bonchev–Trinajstić information content (AvgIpc) is 3.71. The summed E-state index contributed by atoms with van der Waals surface area (Å²) in [6.45, 7) is 14.8. The number of aliphatic hydroxyl groups is 2. The zero-order valence-corrected chi connectivity index (χ0v) is 40.0. The van der Waals surface area contributed by atoms with Crippen molar-refractivity contribution < 1.29 is 59.1 Å². The molecule has 1 saturated heterocycles. The number of aryl methyl sites for hydroxylation is 3. The van der Waals surface area contributed by atoms with Crippen LogP contribution in [0.3, 0.4) is 0 Å². The van der Waals surface area contributed by atoms with Crippen molar-refractivity contribution in [2.45, 2.75) is 85.4 Å². The minimum atomic E-state index is -0.756. The maximum atomic E-state index is 14.0. The van der Waals surface area contributed by atoms with Crippen LogP contribution in [0.2, 0.25) is 0 Å². The van der Waals surface area contributed by atoms with Crippen molar-refractivity contribution >= 4 is 29.0 Å². The maximum absolute atomic E-state index is 14.0. The molecule has 2 aromatic carbocycles. The van der Waals surface area contributed by atoms with Gasteiger partial charge >= 0.3 is 12.1 Å². The summed E-state index contributed by atoms with van der Waals surface area (Å²) in [5, 5.41) is 24.4. The standard InChI is InChI=1S/C49H66N6O10.CH4O/c1-8-50-40-28-43-39(26-33(40)4)45(38-25-31(2)32(3)27-42(38)65-43)36-13-9-10-14-37(36)47(57)54(7)17-20-63-49(59)52-16-12-19-61-22-24-62-23-21-60-18-11-15-51-46-34(5)30-55(48(58)53-46)44-29-41(56)35(6)64-44;1-2/h9-10,13-14,25-28,30,35,41,44,46,51,56H,8,11-12,15-24,29H2,1-7H3,(H,52,59)(H,53,58);2H,1H3/p+1/i6D;2T. The Kier molecular flexibility index (Phi) is 19.4. The molecule has 0 saturated carbocycles. The highest BCUT2D eigenvalue weighted by Crippen LogP contribution is 2.42. The monoisotopic (exact) mass is 935 g/mol. The summed E-state index contributed by atoms with van der Waals surface area (Å²) in [6.07, 6.45) is 0.537. The van der Waals surface area contributed by atoms with E-state index in [1.165, 1.54) is 12.0 Å². The van der Waals surface area contributed by atoms with E-state index < -0.39 is 24.5 Å². The Morgan fingerprint density at radius 2 is 1.66 bits per heavy atom. The highest BCUT2D eigenvalue weighted by molar-refractivity contribution is 6.09. The Morgan fingerprint density at radius 1 is 0.970 bits per heavy atom. The quantitative estimate of drug-likeness (QED) is 0.0493. The third-order valence-corrected chi connectivity index (χ3v) is 11.6. The molecule has 366 valence electrons. The highest BCUT2D eigenvalue weighted by Gasteiger charge is 2.38. The molecule has 17 heteroatoms. The molecule has 4 amide bonds. The number of hydrogen-bond donors (Lipinski definition) is 6. The summed E-state index contributed by atoms with van der Waals surface area (Å²) in [5.41, 5.74) is 8.16. The summed E-state index contributed by atoms with van der Waals surface area (Å²) >= 11 is 0. The fourth-order valence-corrected chi connectivity index (χ4v) is 7.80. The number of likely N-dealkylation sites (N-methyl/N-ethyl adjacent to an activating group) is 1. The lowest BCUT2D eigenvalue weighted by molar-refractivity contribution is -0.496. The van der Waals surface area contributed by atoms with Crippen LogP contribution in [0, 0.1) is 20.8 Å². The number of rotatable bonds is 22. The predicted octanol–water partition coefficient (Wildman–Crippen LogP) is 3.71. The Balaban J connectivity index is 0.00000288. The van der Waals surface area contributed by atoms with E-state index in [-0.39, 0.29) is 44.6 Å². The topological polar surface area (TPSA) is 207 Å². The molecule has 0 spiro atoms. The molecule has 0 aromatic heterocycles. The van der Waals surface area contributed by atoms with Gasteiger partial charge in [0, 0.05) is 75.5 Å². The maximum Gasteiger partial charge on any atom is 0.407 e. The molecular weight excluding hydrogens is 861 g/mol. The van der Waals surface area contributed by atoms with Crippen LogP contribution in [-0.4, -0.2) is 151 Å². The van der Waals surface area contributed by atoms with Gasteiger partial charge in [-0.05, 0) is 107 Å². The second kappa shape index (κ2) is 26.2. The van der Waals surface area contributed by atoms with Crippen molar-refractivity contribution in [2.75, 3.05) is 86.6 Å². The van der Waals surface area contributed by atoms with Crippen LogP contribution >= 0.6 is 0 Å². The molecule has 2 aromatic rings. The van der Waals surface area contributed by atoms with Crippen LogP contribution in [0.5, 0.6) is 0 Å². The summed E-state index contributed by atoms with van der Waals surface area (Å²) < 4.78 is 47.6. The largest absolute Gasteiger partial charge is 0.456 e. The van der Waals surface area contributed by atoms with Crippen LogP contribution in [0.1, 0.15) is 68.4 Å². The van der Waals surface area contributed by atoms with Crippen LogP contribution in [0.25, 0.3) is 33.4 Å². The van der Waals surface area contributed by atoms with Gasteiger partial charge in [-0.2, -0.15) is 0 Å². The number of urea groups is 1. The molecule has 4 aliphatic rings. The van der Waals surface area contributed by atoms with Crippen molar-refractivity contribution in [2.24, 2.45) is 0 Å². The van der Waals surface area contributed by atoms with Gasteiger partial charge in [0.1, 0.15) is 36.9 Å². The van der Waals surface area contributed by atoms with Crippen molar-refractivity contribution in [3.05, 3.63) is 87.9 Å². The first kappa shape index (κ1) is 49.5. The molecule has 4 atom stereocenters. The van der Waals surface area contributed by atoms with Crippen molar-refractivity contribution in [1.29, 1.82) is 1.43 Å². The second-order valence-corrected chi connectivity index (χ2v) is 16.5. The zero-order chi connectivity index (χ0) is 49.9. The number of nitrogens with one attached hydrogen (secondary N) is 4. The number of carbonyl (C=O) groups excluding carboxylic acids is 3. The number of aliphatic hydroxyl groups excluding tert-OH is 2. The van der Waals surface area contributed by atoms with Gasteiger partial charge < -0.3 is 53.9 Å². The Hall–Kier alpha value is -5.40. The molecule has 0 radical (unpaired) electrons. The van der Waals surface area contributed by atoms with E-state index in [9.17, 15) is 19.5 Å². The molecule has 3 aliphatic heterocycles.